The summed E-state index contributed by atoms with van der Waals surface area (Å²) in [6.07, 6.45) is 2.17. The zero-order valence-corrected chi connectivity index (χ0v) is 12.9. The third kappa shape index (κ3) is 2.49. The van der Waals surface area contributed by atoms with Gasteiger partial charge in [0.2, 0.25) is 0 Å². The Bertz CT molecular complexity index is 712. The predicted octanol–water partition coefficient (Wildman–Crippen LogP) is 3.86. The van der Waals surface area contributed by atoms with Gasteiger partial charge in [-0.15, -0.1) is 11.3 Å². The van der Waals surface area contributed by atoms with Crippen LogP contribution in [-0.4, -0.2) is 9.38 Å². The minimum Gasteiger partial charge on any atom is -0.305 e. The monoisotopic (exact) mass is 285 g/mol. The number of rotatable bonds is 4. The van der Waals surface area contributed by atoms with Crippen LogP contribution in [0.1, 0.15) is 34.8 Å². The normalized spacial score (nSPS) is 12.9. The van der Waals surface area contributed by atoms with Crippen LogP contribution in [0.3, 0.4) is 0 Å². The van der Waals surface area contributed by atoms with E-state index in [9.17, 15) is 0 Å². The molecule has 0 aliphatic rings. The van der Waals surface area contributed by atoms with Gasteiger partial charge in [0, 0.05) is 23.7 Å². The van der Waals surface area contributed by atoms with Crippen LogP contribution in [-0.2, 0) is 6.54 Å². The highest BCUT2D eigenvalue weighted by Gasteiger charge is 2.12. The van der Waals surface area contributed by atoms with Gasteiger partial charge in [-0.2, -0.15) is 0 Å². The third-order valence-electron chi connectivity index (χ3n) is 3.62. The molecule has 0 aliphatic carbocycles. The maximum absolute atomic E-state index is 4.63. The van der Waals surface area contributed by atoms with E-state index in [0.717, 1.165) is 17.2 Å². The number of imidazole rings is 1. The van der Waals surface area contributed by atoms with Gasteiger partial charge in [0.15, 0.2) is 4.96 Å². The van der Waals surface area contributed by atoms with Gasteiger partial charge in [-0.25, -0.2) is 4.98 Å². The number of benzene rings is 1. The van der Waals surface area contributed by atoms with Crippen molar-refractivity contribution >= 4 is 16.3 Å². The molecule has 0 saturated carbocycles. The lowest BCUT2D eigenvalue weighted by Crippen LogP contribution is -2.19. The maximum Gasteiger partial charge on any atom is 0.194 e. The van der Waals surface area contributed by atoms with E-state index in [1.807, 2.05) is 0 Å². The van der Waals surface area contributed by atoms with E-state index in [0.29, 0.717) is 6.04 Å². The highest BCUT2D eigenvalue weighted by molar-refractivity contribution is 7.17. The summed E-state index contributed by atoms with van der Waals surface area (Å²) in [5, 5.41) is 3.59. The topological polar surface area (TPSA) is 29.3 Å². The average Bonchev–Trinajstić information content (AvgIpc) is 2.92. The molecule has 3 aromatic rings. The molecule has 1 aromatic carbocycles. The van der Waals surface area contributed by atoms with E-state index in [1.54, 1.807) is 11.3 Å². The number of hydrogen-bond donors (Lipinski definition) is 1. The minimum atomic E-state index is 0.334. The predicted molar refractivity (Wildman–Crippen MR) is 84.2 cm³/mol. The highest BCUT2D eigenvalue weighted by atomic mass is 32.1. The average molecular weight is 285 g/mol. The first-order chi connectivity index (χ1) is 9.65. The van der Waals surface area contributed by atoms with Crippen LogP contribution < -0.4 is 5.32 Å². The summed E-state index contributed by atoms with van der Waals surface area (Å²) in [5.41, 5.74) is 3.68. The summed E-state index contributed by atoms with van der Waals surface area (Å²) >= 11 is 1.74. The molecule has 0 radical (unpaired) electrons. The molecule has 2 heterocycles. The van der Waals surface area contributed by atoms with E-state index < -0.39 is 0 Å². The van der Waals surface area contributed by atoms with Crippen molar-refractivity contribution < 1.29 is 0 Å². The van der Waals surface area contributed by atoms with Gasteiger partial charge in [0.1, 0.15) is 0 Å². The van der Waals surface area contributed by atoms with Crippen LogP contribution in [0.2, 0.25) is 0 Å². The Morgan fingerprint density at radius 1 is 1.25 bits per heavy atom. The van der Waals surface area contributed by atoms with Crippen molar-refractivity contribution in [1.29, 1.82) is 0 Å². The lowest BCUT2D eigenvalue weighted by atomic mass is 10.1. The standard InChI is InChI=1S/C16H19N3S/c1-11-10-19-15(13(3)18-16(19)20-11)9-17-12(2)14-7-5-4-6-8-14/h4-8,10,12,17H,9H2,1-3H3/t12-/m1/s1. The van der Waals surface area contributed by atoms with E-state index in [-0.39, 0.29) is 0 Å². The Hall–Kier alpha value is -1.65. The molecule has 0 spiro atoms. The SMILES string of the molecule is Cc1cn2c(CN[C@H](C)c3ccccc3)c(C)nc2s1. The first kappa shape index (κ1) is 13.3. The molecule has 20 heavy (non-hydrogen) atoms. The molecule has 0 saturated heterocycles. The highest BCUT2D eigenvalue weighted by Crippen LogP contribution is 2.21. The maximum atomic E-state index is 4.63. The van der Waals surface area contributed by atoms with Gasteiger partial charge in [0.05, 0.1) is 11.4 Å². The van der Waals surface area contributed by atoms with Crippen LogP contribution in [0.4, 0.5) is 0 Å². The second-order valence-corrected chi connectivity index (χ2v) is 6.36. The first-order valence-electron chi connectivity index (χ1n) is 6.87. The van der Waals surface area contributed by atoms with Crippen LogP contribution in [0, 0.1) is 13.8 Å². The molecule has 1 N–H and O–H groups in total. The van der Waals surface area contributed by atoms with Gasteiger partial charge >= 0.3 is 0 Å². The molecule has 0 fully saturated rings. The summed E-state index contributed by atoms with van der Waals surface area (Å²) in [7, 11) is 0. The van der Waals surface area contributed by atoms with Gasteiger partial charge in [-0.3, -0.25) is 4.40 Å². The number of aromatic nitrogens is 2. The lowest BCUT2D eigenvalue weighted by Gasteiger charge is -2.14. The van der Waals surface area contributed by atoms with Crippen LogP contribution in [0.25, 0.3) is 4.96 Å². The first-order valence-corrected chi connectivity index (χ1v) is 7.69. The summed E-state index contributed by atoms with van der Waals surface area (Å²) in [6, 6.07) is 10.9. The second-order valence-electron chi connectivity index (χ2n) is 5.15. The molecule has 0 aliphatic heterocycles. The van der Waals surface area contributed by atoms with Crippen LogP contribution >= 0.6 is 11.3 Å². The van der Waals surface area contributed by atoms with Crippen LogP contribution in [0.15, 0.2) is 36.5 Å². The molecular weight excluding hydrogens is 266 g/mol. The van der Waals surface area contributed by atoms with Gasteiger partial charge in [0.25, 0.3) is 0 Å². The van der Waals surface area contributed by atoms with Crippen molar-refractivity contribution in [2.24, 2.45) is 0 Å². The quantitative estimate of drug-likeness (QED) is 0.788. The van der Waals surface area contributed by atoms with E-state index in [1.165, 1.54) is 16.1 Å². The fraction of sp³-hybridized carbons (Fsp3) is 0.312. The smallest absolute Gasteiger partial charge is 0.194 e. The Labute approximate surface area is 123 Å². The zero-order valence-electron chi connectivity index (χ0n) is 12.1. The van der Waals surface area contributed by atoms with Crippen LogP contribution in [0.5, 0.6) is 0 Å². The van der Waals surface area contributed by atoms with Gasteiger partial charge in [-0.1, -0.05) is 30.3 Å². The number of nitrogens with zero attached hydrogens (tertiary/aromatic N) is 2. The number of fused-ring (bicyclic) bond motifs is 1. The molecule has 0 bridgehead atoms. The van der Waals surface area contributed by atoms with E-state index >= 15 is 0 Å². The molecule has 2 aromatic heterocycles. The Balaban J connectivity index is 1.78. The fourth-order valence-electron chi connectivity index (χ4n) is 2.43. The molecule has 0 unspecified atom stereocenters. The van der Waals surface area contributed by atoms with Crippen molar-refractivity contribution in [2.45, 2.75) is 33.4 Å². The van der Waals surface area contributed by atoms with Gasteiger partial charge in [-0.05, 0) is 26.3 Å². The summed E-state index contributed by atoms with van der Waals surface area (Å²) < 4.78 is 2.21. The van der Waals surface area contributed by atoms with Crippen molar-refractivity contribution in [3.63, 3.8) is 0 Å². The number of thiazole rings is 1. The number of hydrogen-bond acceptors (Lipinski definition) is 3. The van der Waals surface area contributed by atoms with Crippen molar-refractivity contribution in [1.82, 2.24) is 14.7 Å². The van der Waals surface area contributed by atoms with E-state index in [2.05, 4.69) is 72.0 Å². The zero-order chi connectivity index (χ0) is 14.1. The van der Waals surface area contributed by atoms with Crippen molar-refractivity contribution in [2.75, 3.05) is 0 Å². The largest absolute Gasteiger partial charge is 0.305 e. The second kappa shape index (κ2) is 5.38. The van der Waals surface area contributed by atoms with Gasteiger partial charge < -0.3 is 5.32 Å². The minimum absolute atomic E-state index is 0.334. The molecular formula is C16H19N3S. The Kier molecular flexibility index (Phi) is 3.59. The fourth-order valence-corrected chi connectivity index (χ4v) is 3.32. The molecule has 0 amide bonds. The molecule has 3 nitrogen and oxygen atoms in total. The number of aryl methyl sites for hydroxylation is 2. The third-order valence-corrected chi connectivity index (χ3v) is 4.51. The molecule has 3 rings (SSSR count). The Morgan fingerprint density at radius 2 is 2.00 bits per heavy atom. The summed E-state index contributed by atoms with van der Waals surface area (Å²) in [6.45, 7) is 7.23. The molecule has 4 heteroatoms. The summed E-state index contributed by atoms with van der Waals surface area (Å²) in [4.78, 5) is 7.01. The Morgan fingerprint density at radius 3 is 2.75 bits per heavy atom. The summed E-state index contributed by atoms with van der Waals surface area (Å²) in [5.74, 6) is 0. The van der Waals surface area contributed by atoms with Crippen molar-refractivity contribution in [3.05, 3.63) is 58.4 Å². The number of nitrogens with one attached hydrogen (secondary N) is 1. The van der Waals surface area contributed by atoms with E-state index in [4.69, 9.17) is 0 Å². The van der Waals surface area contributed by atoms with Crippen molar-refractivity contribution in [3.8, 4) is 0 Å². The lowest BCUT2D eigenvalue weighted by molar-refractivity contribution is 0.564. The molecule has 104 valence electrons. The molecule has 1 atom stereocenters.